The molecule has 10 rings (SSSR count). The molecule has 0 atom stereocenters. The molecule has 7 aromatic carbocycles. The number of aromatic nitrogens is 1. The average Bonchev–Trinajstić information content (AvgIpc) is 3.67. The van der Waals surface area contributed by atoms with E-state index in [1.807, 2.05) is 0 Å². The Morgan fingerprint density at radius 1 is 0.558 bits per heavy atom. The summed E-state index contributed by atoms with van der Waals surface area (Å²) in [5.74, 6) is 0. The van der Waals surface area contributed by atoms with Gasteiger partial charge in [-0.2, -0.15) is 0 Å². The average molecular weight is 548 g/mol. The highest BCUT2D eigenvalue weighted by Crippen LogP contribution is 2.51. The molecule has 1 nitrogen and oxygen atoms in total. The molecular weight excluding hydrogens is 518 g/mol. The lowest BCUT2D eigenvalue weighted by Crippen LogP contribution is -2.15. The van der Waals surface area contributed by atoms with Crippen LogP contribution in [0.15, 0.2) is 127 Å². The molecule has 202 valence electrons. The highest BCUT2D eigenvalue weighted by atomic mass is 15.0. The van der Waals surface area contributed by atoms with Gasteiger partial charge in [0, 0.05) is 27.3 Å². The quantitative estimate of drug-likeness (QED) is 0.193. The van der Waals surface area contributed by atoms with E-state index in [0.717, 1.165) is 6.42 Å². The predicted octanol–water partition coefficient (Wildman–Crippen LogP) is 11.0. The lowest BCUT2D eigenvalue weighted by atomic mass is 9.82. The minimum atomic E-state index is -0.0489. The van der Waals surface area contributed by atoms with E-state index in [1.54, 1.807) is 0 Å². The first-order valence-corrected chi connectivity index (χ1v) is 15.3. The Morgan fingerprint density at radius 3 is 2.14 bits per heavy atom. The summed E-state index contributed by atoms with van der Waals surface area (Å²) in [6.07, 6.45) is 0.964. The smallest absolute Gasteiger partial charge is 0.0619 e. The van der Waals surface area contributed by atoms with Crippen LogP contribution in [0, 0.1) is 0 Å². The van der Waals surface area contributed by atoms with Crippen molar-refractivity contribution in [3.8, 4) is 27.9 Å². The van der Waals surface area contributed by atoms with Gasteiger partial charge < -0.3 is 4.57 Å². The molecule has 43 heavy (non-hydrogen) atoms. The second-order valence-electron chi connectivity index (χ2n) is 12.9. The SMILES string of the molecule is CC1(C)c2ccccc2-c2ccc(-n3c4ccc5c(c4c4ccc6ccccc6c43)Cc3ccc4ccccc4c3-5)cc21. The van der Waals surface area contributed by atoms with E-state index in [4.69, 9.17) is 0 Å². The molecule has 0 unspecified atom stereocenters. The van der Waals surface area contributed by atoms with Crippen molar-refractivity contribution in [2.75, 3.05) is 0 Å². The summed E-state index contributed by atoms with van der Waals surface area (Å²) in [7, 11) is 0. The first kappa shape index (κ1) is 23.4. The van der Waals surface area contributed by atoms with E-state index in [1.165, 1.54) is 93.5 Å². The molecule has 1 heteroatoms. The summed E-state index contributed by atoms with van der Waals surface area (Å²) in [4.78, 5) is 0. The van der Waals surface area contributed by atoms with Gasteiger partial charge in [0.1, 0.15) is 0 Å². The maximum absolute atomic E-state index is 2.55. The van der Waals surface area contributed by atoms with E-state index in [-0.39, 0.29) is 5.41 Å². The predicted molar refractivity (Wildman–Crippen MR) is 182 cm³/mol. The van der Waals surface area contributed by atoms with Crippen LogP contribution in [0.4, 0.5) is 0 Å². The van der Waals surface area contributed by atoms with Crippen LogP contribution in [-0.2, 0) is 11.8 Å². The van der Waals surface area contributed by atoms with Crippen molar-refractivity contribution in [3.05, 3.63) is 150 Å². The van der Waals surface area contributed by atoms with Gasteiger partial charge in [-0.05, 0) is 85.3 Å². The number of benzene rings is 7. The molecule has 2 aliphatic rings. The minimum absolute atomic E-state index is 0.0489. The Balaban J connectivity index is 1.32. The summed E-state index contributed by atoms with van der Waals surface area (Å²) in [5.41, 5.74) is 15.0. The highest BCUT2D eigenvalue weighted by Gasteiger charge is 2.35. The van der Waals surface area contributed by atoms with Crippen LogP contribution in [-0.4, -0.2) is 4.57 Å². The zero-order valence-corrected chi connectivity index (χ0v) is 24.3. The molecule has 1 aromatic heterocycles. The Labute approximate surface area is 250 Å². The first-order chi connectivity index (χ1) is 21.1. The van der Waals surface area contributed by atoms with Gasteiger partial charge in [0.25, 0.3) is 0 Å². The van der Waals surface area contributed by atoms with Crippen LogP contribution in [0.1, 0.15) is 36.1 Å². The monoisotopic (exact) mass is 547 g/mol. The summed E-state index contributed by atoms with van der Waals surface area (Å²) >= 11 is 0. The molecule has 0 spiro atoms. The van der Waals surface area contributed by atoms with E-state index < -0.39 is 0 Å². The van der Waals surface area contributed by atoms with Crippen molar-refractivity contribution in [3.63, 3.8) is 0 Å². The molecule has 2 aliphatic carbocycles. The van der Waals surface area contributed by atoms with E-state index in [0.29, 0.717) is 0 Å². The Kier molecular flexibility index (Phi) is 4.37. The largest absolute Gasteiger partial charge is 0.309 e. The van der Waals surface area contributed by atoms with Crippen molar-refractivity contribution in [1.82, 2.24) is 4.57 Å². The second-order valence-corrected chi connectivity index (χ2v) is 12.9. The summed E-state index contributed by atoms with van der Waals surface area (Å²) in [6.45, 7) is 4.74. The molecule has 0 amide bonds. The minimum Gasteiger partial charge on any atom is -0.309 e. The van der Waals surface area contributed by atoms with Crippen LogP contribution in [0.3, 0.4) is 0 Å². The number of fused-ring (bicyclic) bond motifs is 14. The fourth-order valence-electron chi connectivity index (χ4n) is 8.43. The lowest BCUT2D eigenvalue weighted by Gasteiger charge is -2.22. The third-order valence-corrected chi connectivity index (χ3v) is 10.4. The zero-order chi connectivity index (χ0) is 28.4. The van der Waals surface area contributed by atoms with E-state index in [9.17, 15) is 0 Å². The van der Waals surface area contributed by atoms with E-state index in [2.05, 4.69) is 146 Å². The molecule has 0 bridgehead atoms. The maximum atomic E-state index is 2.55. The second kappa shape index (κ2) is 8.02. The standard InChI is InChI=1S/C42H29N/c1-42(2)36-14-8-7-13-31(36)32-20-18-28(24-37(32)42)43-38-22-21-33-35(23-27-16-15-25-9-3-5-11-29(25)39(27)33)40(38)34-19-17-26-10-4-6-12-30(26)41(34)43/h3-22,24H,23H2,1-2H3. The van der Waals surface area contributed by atoms with Crippen LogP contribution in [0.2, 0.25) is 0 Å². The maximum Gasteiger partial charge on any atom is 0.0619 e. The van der Waals surface area contributed by atoms with Gasteiger partial charge in [-0.15, -0.1) is 0 Å². The molecule has 0 N–H and O–H groups in total. The summed E-state index contributed by atoms with van der Waals surface area (Å²) < 4.78 is 2.55. The Bertz CT molecular complexity index is 2500. The third kappa shape index (κ3) is 2.92. The fourth-order valence-corrected chi connectivity index (χ4v) is 8.43. The van der Waals surface area contributed by atoms with Crippen LogP contribution < -0.4 is 0 Å². The number of hydrogen-bond donors (Lipinski definition) is 0. The van der Waals surface area contributed by atoms with Crippen molar-refractivity contribution in [2.24, 2.45) is 0 Å². The summed E-state index contributed by atoms with van der Waals surface area (Å²) in [6, 6.07) is 47.9. The number of rotatable bonds is 1. The fraction of sp³-hybridized carbons (Fsp3) is 0.0952. The molecule has 0 fully saturated rings. The first-order valence-electron chi connectivity index (χ1n) is 15.3. The van der Waals surface area contributed by atoms with Crippen molar-refractivity contribution in [1.29, 1.82) is 0 Å². The van der Waals surface area contributed by atoms with Gasteiger partial charge in [0.2, 0.25) is 0 Å². The topological polar surface area (TPSA) is 4.93 Å². The van der Waals surface area contributed by atoms with Gasteiger partial charge in [-0.25, -0.2) is 0 Å². The van der Waals surface area contributed by atoms with E-state index >= 15 is 0 Å². The van der Waals surface area contributed by atoms with Gasteiger partial charge in [-0.3, -0.25) is 0 Å². The molecule has 0 aliphatic heterocycles. The molecule has 0 saturated carbocycles. The van der Waals surface area contributed by atoms with Crippen molar-refractivity contribution >= 4 is 43.4 Å². The Hall–Kier alpha value is -5.14. The summed E-state index contributed by atoms with van der Waals surface area (Å²) in [5, 5.41) is 7.97. The molecule has 1 heterocycles. The van der Waals surface area contributed by atoms with Crippen LogP contribution in [0.25, 0.3) is 71.3 Å². The zero-order valence-electron chi connectivity index (χ0n) is 24.3. The molecular formula is C42H29N. The van der Waals surface area contributed by atoms with Gasteiger partial charge in [0.15, 0.2) is 0 Å². The van der Waals surface area contributed by atoms with Crippen molar-refractivity contribution < 1.29 is 0 Å². The van der Waals surface area contributed by atoms with Crippen LogP contribution in [0.5, 0.6) is 0 Å². The number of hydrogen-bond acceptors (Lipinski definition) is 0. The van der Waals surface area contributed by atoms with Crippen LogP contribution >= 0.6 is 0 Å². The lowest BCUT2D eigenvalue weighted by molar-refractivity contribution is 0.660. The third-order valence-electron chi connectivity index (χ3n) is 10.4. The number of nitrogens with zero attached hydrogens (tertiary/aromatic N) is 1. The Morgan fingerprint density at radius 2 is 1.26 bits per heavy atom. The van der Waals surface area contributed by atoms with Gasteiger partial charge >= 0.3 is 0 Å². The highest BCUT2D eigenvalue weighted by molar-refractivity contribution is 6.21. The molecule has 8 aromatic rings. The van der Waals surface area contributed by atoms with Gasteiger partial charge in [0.05, 0.1) is 11.0 Å². The van der Waals surface area contributed by atoms with Gasteiger partial charge in [-0.1, -0.05) is 123 Å². The van der Waals surface area contributed by atoms with Crippen molar-refractivity contribution in [2.45, 2.75) is 25.7 Å². The normalized spacial score (nSPS) is 14.4. The molecule has 0 radical (unpaired) electrons. The molecule has 0 saturated heterocycles.